The van der Waals surface area contributed by atoms with Crippen LogP contribution in [0.3, 0.4) is 0 Å². The van der Waals surface area contributed by atoms with Gasteiger partial charge in [-0.2, -0.15) is 4.98 Å². The molecule has 15 heteroatoms. The highest BCUT2D eigenvalue weighted by Gasteiger charge is 2.38. The number of anilines is 1. The molecule has 2 fully saturated rings. The van der Waals surface area contributed by atoms with Crippen molar-refractivity contribution in [3.8, 4) is 16.9 Å². The number of pyridine rings is 2. The van der Waals surface area contributed by atoms with E-state index in [1.165, 1.54) is 48.7 Å². The lowest BCUT2D eigenvalue weighted by Gasteiger charge is -2.40. The van der Waals surface area contributed by atoms with Gasteiger partial charge >= 0.3 is 5.69 Å². The lowest BCUT2D eigenvalue weighted by Crippen LogP contribution is -2.54. The number of fused-ring (bicyclic) bond motifs is 1. The zero-order valence-electron chi connectivity index (χ0n) is 23.3. The lowest BCUT2D eigenvalue weighted by molar-refractivity contribution is -0.126. The van der Waals surface area contributed by atoms with E-state index in [9.17, 15) is 18.0 Å². The van der Waals surface area contributed by atoms with Crippen LogP contribution in [0, 0.1) is 5.82 Å². The number of carbonyl (C=O) groups excluding carboxylic acids is 1. The van der Waals surface area contributed by atoms with Gasteiger partial charge in [-0.05, 0) is 43.3 Å². The van der Waals surface area contributed by atoms with Crippen LogP contribution < -0.4 is 10.6 Å². The van der Waals surface area contributed by atoms with Crippen LogP contribution in [-0.2, 0) is 19.4 Å². The van der Waals surface area contributed by atoms with Gasteiger partial charge in [-0.15, -0.1) is 0 Å². The SMILES string of the molecule is C=CC(=O)N1CCN(c2nc(=O)n(-c3cccnc3S(=O)(=O)C3COC3)c3nc(-c4c(F)cccc4Cl)c(Cl)cc23)[C@@H](C)C1. The summed E-state index contributed by atoms with van der Waals surface area (Å²) in [5.74, 6) is -0.690. The Kier molecular flexibility index (Phi) is 7.91. The average molecular weight is 660 g/mol. The first-order valence-electron chi connectivity index (χ1n) is 13.6. The van der Waals surface area contributed by atoms with Crippen molar-refractivity contribution >= 4 is 55.8 Å². The number of hydrogen-bond acceptors (Lipinski definition) is 9. The molecule has 0 unspecified atom stereocenters. The Morgan fingerprint density at radius 3 is 2.57 bits per heavy atom. The molecule has 6 rings (SSSR count). The van der Waals surface area contributed by atoms with Gasteiger partial charge in [-0.25, -0.2) is 32.1 Å². The molecular weight excluding hydrogens is 634 g/mol. The van der Waals surface area contributed by atoms with E-state index >= 15 is 4.39 Å². The predicted octanol–water partition coefficient (Wildman–Crippen LogP) is 3.68. The molecule has 0 spiro atoms. The highest BCUT2D eigenvalue weighted by atomic mass is 35.5. The van der Waals surface area contributed by atoms with Gasteiger partial charge in [0.15, 0.2) is 10.7 Å². The second-order valence-electron chi connectivity index (χ2n) is 10.4. The van der Waals surface area contributed by atoms with E-state index in [0.29, 0.717) is 25.0 Å². The van der Waals surface area contributed by atoms with E-state index in [1.807, 2.05) is 11.8 Å². The minimum absolute atomic E-state index is 0.00675. The molecule has 11 nitrogen and oxygen atoms in total. The van der Waals surface area contributed by atoms with Crippen molar-refractivity contribution in [2.24, 2.45) is 0 Å². The molecule has 1 atom stereocenters. The maximum Gasteiger partial charge on any atom is 0.355 e. The average Bonchev–Trinajstić information content (AvgIpc) is 2.96. The Bertz CT molecular complexity index is 1980. The molecule has 228 valence electrons. The first-order valence-corrected chi connectivity index (χ1v) is 15.9. The summed E-state index contributed by atoms with van der Waals surface area (Å²) >= 11 is 13.1. The second kappa shape index (κ2) is 11.5. The standard InChI is InChI=1S/C29H25Cl2FN6O5S/c1-3-23(39)36-10-11-37(16(2)13-36)26-18-12-20(31)25(24-19(30)6-4-7-21(24)32)34-27(18)38(29(40)35-26)22-8-5-9-33-28(22)44(41,42)17-14-43-15-17/h3-9,12,16-17H,1,10-11,13-15H2,2H3/t16-/m0/s1. The van der Waals surface area contributed by atoms with E-state index < -0.39 is 26.6 Å². The molecule has 0 N–H and O–H groups in total. The van der Waals surface area contributed by atoms with Crippen LogP contribution in [0.15, 0.2) is 65.1 Å². The summed E-state index contributed by atoms with van der Waals surface area (Å²) < 4.78 is 48.3. The minimum atomic E-state index is -4.02. The van der Waals surface area contributed by atoms with Crippen molar-refractivity contribution < 1.29 is 22.3 Å². The number of benzene rings is 1. The lowest BCUT2D eigenvalue weighted by atomic mass is 10.1. The van der Waals surface area contributed by atoms with Crippen LogP contribution in [0.4, 0.5) is 10.2 Å². The Morgan fingerprint density at radius 2 is 1.91 bits per heavy atom. The van der Waals surface area contributed by atoms with Gasteiger partial charge < -0.3 is 14.5 Å². The molecule has 0 saturated carbocycles. The summed E-state index contributed by atoms with van der Waals surface area (Å²) in [5, 5.41) is -0.834. The molecule has 3 aromatic heterocycles. The third-order valence-electron chi connectivity index (χ3n) is 7.69. The van der Waals surface area contributed by atoms with Gasteiger partial charge in [-0.3, -0.25) is 4.79 Å². The molecule has 0 radical (unpaired) electrons. The Hall–Kier alpha value is -3.91. The number of nitrogens with zero attached hydrogens (tertiary/aromatic N) is 6. The largest absolute Gasteiger partial charge is 0.379 e. The number of piperazine rings is 1. The monoisotopic (exact) mass is 658 g/mol. The summed E-state index contributed by atoms with van der Waals surface area (Å²) in [6, 6.07) is 8.24. The first kappa shape index (κ1) is 30.1. The van der Waals surface area contributed by atoms with Crippen LogP contribution >= 0.6 is 23.2 Å². The van der Waals surface area contributed by atoms with Crippen molar-refractivity contribution in [1.29, 1.82) is 0 Å². The smallest absolute Gasteiger partial charge is 0.355 e. The molecule has 4 aromatic rings. The highest BCUT2D eigenvalue weighted by Crippen LogP contribution is 2.38. The summed E-state index contributed by atoms with van der Waals surface area (Å²) in [7, 11) is -4.02. The maximum atomic E-state index is 15.1. The molecule has 0 bridgehead atoms. The maximum absolute atomic E-state index is 15.1. The van der Waals surface area contributed by atoms with Crippen molar-refractivity contribution in [3.05, 3.63) is 81.6 Å². The second-order valence-corrected chi connectivity index (χ2v) is 13.4. The predicted molar refractivity (Wildman–Crippen MR) is 164 cm³/mol. The third kappa shape index (κ3) is 5.03. The zero-order valence-corrected chi connectivity index (χ0v) is 25.6. The van der Waals surface area contributed by atoms with Gasteiger partial charge in [-0.1, -0.05) is 35.8 Å². The summed E-state index contributed by atoms with van der Waals surface area (Å²) in [6.45, 7) is 6.39. The van der Waals surface area contributed by atoms with Crippen LogP contribution in [0.2, 0.25) is 10.0 Å². The van der Waals surface area contributed by atoms with Gasteiger partial charge in [0, 0.05) is 31.9 Å². The summed E-state index contributed by atoms with van der Waals surface area (Å²) in [6.07, 6.45) is 2.55. The number of halogens is 3. The van der Waals surface area contributed by atoms with Crippen LogP contribution in [0.25, 0.3) is 28.0 Å². The molecule has 2 saturated heterocycles. The Balaban J connectivity index is 1.63. The zero-order chi connectivity index (χ0) is 31.3. The van der Waals surface area contributed by atoms with Crippen molar-refractivity contribution in [2.75, 3.05) is 37.7 Å². The van der Waals surface area contributed by atoms with Gasteiger partial charge in [0.1, 0.15) is 16.9 Å². The normalized spacial score (nSPS) is 17.5. The van der Waals surface area contributed by atoms with Crippen molar-refractivity contribution in [2.45, 2.75) is 23.2 Å². The van der Waals surface area contributed by atoms with E-state index in [-0.39, 0.29) is 68.6 Å². The molecule has 2 aliphatic rings. The third-order valence-corrected chi connectivity index (χ3v) is 10.3. The van der Waals surface area contributed by atoms with Gasteiger partial charge in [0.25, 0.3) is 0 Å². The number of ether oxygens (including phenoxy) is 1. The van der Waals surface area contributed by atoms with E-state index in [4.69, 9.17) is 27.9 Å². The fraction of sp³-hybridized carbons (Fsp3) is 0.276. The fourth-order valence-corrected chi connectivity index (χ4v) is 7.39. The molecular formula is C29H25Cl2FN6O5S. The van der Waals surface area contributed by atoms with E-state index in [2.05, 4.69) is 21.5 Å². The van der Waals surface area contributed by atoms with Crippen LogP contribution in [0.5, 0.6) is 0 Å². The number of sulfone groups is 1. The summed E-state index contributed by atoms with van der Waals surface area (Å²) in [4.78, 5) is 42.9. The molecule has 0 aliphatic carbocycles. The number of amides is 1. The minimum Gasteiger partial charge on any atom is -0.379 e. The topological polar surface area (TPSA) is 128 Å². The number of hydrogen-bond donors (Lipinski definition) is 0. The fourth-order valence-electron chi connectivity index (χ4n) is 5.37. The number of aromatic nitrogens is 4. The van der Waals surface area contributed by atoms with Gasteiger partial charge in [0.2, 0.25) is 15.7 Å². The van der Waals surface area contributed by atoms with Crippen molar-refractivity contribution in [1.82, 2.24) is 24.4 Å². The highest BCUT2D eigenvalue weighted by molar-refractivity contribution is 7.92. The first-order chi connectivity index (χ1) is 21.0. The van der Waals surface area contributed by atoms with E-state index in [1.54, 1.807) is 4.90 Å². The molecule has 1 amide bonds. The number of rotatable bonds is 6. The quantitative estimate of drug-likeness (QED) is 0.285. The molecule has 2 aliphatic heterocycles. The summed E-state index contributed by atoms with van der Waals surface area (Å²) in [5.41, 5.74) is -1.11. The molecule has 5 heterocycles. The van der Waals surface area contributed by atoms with E-state index in [0.717, 1.165) is 4.57 Å². The van der Waals surface area contributed by atoms with Crippen molar-refractivity contribution in [3.63, 3.8) is 0 Å². The molecule has 1 aromatic carbocycles. The Labute approximate surface area is 261 Å². The van der Waals surface area contributed by atoms with Crippen LogP contribution in [0.1, 0.15) is 6.92 Å². The number of carbonyl (C=O) groups is 1. The molecule has 44 heavy (non-hydrogen) atoms. The van der Waals surface area contributed by atoms with Crippen LogP contribution in [-0.4, -0.2) is 82.9 Å². The van der Waals surface area contributed by atoms with Gasteiger partial charge in [0.05, 0.1) is 45.6 Å². The Morgan fingerprint density at radius 1 is 1.14 bits per heavy atom.